The first-order valence-corrected chi connectivity index (χ1v) is 11.0. The number of hydrogen-bond acceptors (Lipinski definition) is 5. The van der Waals surface area contributed by atoms with Gasteiger partial charge in [-0.05, 0) is 53.6 Å². The highest BCUT2D eigenvalue weighted by atomic mass is 16.5. The number of Topliss-reactive ketones (excluding diaryl/α,β-unsaturated/α-hetero) is 1. The summed E-state index contributed by atoms with van der Waals surface area (Å²) in [5.74, 6) is 1.11. The van der Waals surface area contributed by atoms with Gasteiger partial charge < -0.3 is 19.8 Å². The van der Waals surface area contributed by atoms with Gasteiger partial charge in [0.25, 0.3) is 0 Å². The minimum absolute atomic E-state index is 0.0134. The molecule has 34 heavy (non-hydrogen) atoms. The molecule has 0 saturated carbocycles. The van der Waals surface area contributed by atoms with Gasteiger partial charge in [-0.1, -0.05) is 30.3 Å². The molecule has 0 aliphatic rings. The molecule has 4 rings (SSSR count). The Hall–Kier alpha value is -4.10. The number of carbonyl (C=O) groups excluding carboxylic acids is 2. The number of benzene rings is 3. The molecule has 3 N–H and O–H groups in total. The number of amides is 1. The van der Waals surface area contributed by atoms with Crippen molar-refractivity contribution in [2.24, 2.45) is 0 Å². The molecule has 0 aliphatic carbocycles. The number of hydrogen-bond donors (Lipinski definition) is 3. The Bertz CT molecular complexity index is 1260. The molecule has 0 aliphatic heterocycles. The number of nitrogens with one attached hydrogen (secondary N) is 3. The molecule has 4 aromatic rings. The number of aromatic amines is 1. The maximum absolute atomic E-state index is 13.2. The Kier molecular flexibility index (Phi) is 7.25. The molecule has 0 spiro atoms. The van der Waals surface area contributed by atoms with Crippen molar-refractivity contribution in [3.63, 3.8) is 0 Å². The fourth-order valence-corrected chi connectivity index (χ4v) is 3.82. The highest BCUT2D eigenvalue weighted by Gasteiger charge is 2.22. The van der Waals surface area contributed by atoms with E-state index >= 15 is 0 Å². The molecule has 1 aromatic heterocycles. The van der Waals surface area contributed by atoms with Crippen LogP contribution in [0.1, 0.15) is 17.2 Å². The first-order valence-electron chi connectivity index (χ1n) is 11.0. The van der Waals surface area contributed by atoms with Crippen LogP contribution in [0.5, 0.6) is 11.5 Å². The second-order valence-corrected chi connectivity index (χ2v) is 7.88. The lowest BCUT2D eigenvalue weighted by Gasteiger charge is -2.19. The van der Waals surface area contributed by atoms with Crippen LogP contribution in [0.2, 0.25) is 0 Å². The zero-order valence-corrected chi connectivity index (χ0v) is 19.1. The Balaban J connectivity index is 1.47. The van der Waals surface area contributed by atoms with Crippen molar-refractivity contribution in [2.45, 2.75) is 12.5 Å². The van der Waals surface area contributed by atoms with E-state index in [4.69, 9.17) is 9.47 Å². The molecule has 0 fully saturated rings. The van der Waals surface area contributed by atoms with Crippen LogP contribution in [0.4, 0.5) is 5.69 Å². The number of ether oxygens (including phenoxy) is 2. The van der Waals surface area contributed by atoms with Crippen LogP contribution in [0.25, 0.3) is 10.9 Å². The maximum atomic E-state index is 13.2. The lowest BCUT2D eigenvalue weighted by molar-refractivity contribution is -0.119. The van der Waals surface area contributed by atoms with Crippen LogP contribution in [-0.2, 0) is 16.0 Å². The number of fused-ring (bicyclic) bond motifs is 1. The first-order chi connectivity index (χ1) is 16.6. The Morgan fingerprint density at radius 2 is 1.53 bits per heavy atom. The van der Waals surface area contributed by atoms with Gasteiger partial charge in [-0.3, -0.25) is 14.9 Å². The lowest BCUT2D eigenvalue weighted by Crippen LogP contribution is -2.36. The van der Waals surface area contributed by atoms with Crippen LogP contribution in [0.15, 0.2) is 79.0 Å². The summed E-state index contributed by atoms with van der Waals surface area (Å²) in [6, 6.07) is 21.4. The van der Waals surface area contributed by atoms with E-state index in [-0.39, 0.29) is 24.7 Å². The number of para-hydroxylation sites is 1. The summed E-state index contributed by atoms with van der Waals surface area (Å²) in [6.07, 6.45) is 2.13. The summed E-state index contributed by atoms with van der Waals surface area (Å²) in [5, 5.41) is 7.08. The summed E-state index contributed by atoms with van der Waals surface area (Å²) < 4.78 is 10.4. The third-order valence-electron chi connectivity index (χ3n) is 5.63. The molecular formula is C27H27N3O4. The summed E-state index contributed by atoms with van der Waals surface area (Å²) in [4.78, 5) is 29.2. The van der Waals surface area contributed by atoms with Crippen LogP contribution < -0.4 is 20.1 Å². The van der Waals surface area contributed by atoms with Crippen LogP contribution in [-0.4, -0.2) is 37.4 Å². The quantitative estimate of drug-likeness (QED) is 0.331. The predicted octanol–water partition coefficient (Wildman–Crippen LogP) is 4.27. The molecule has 1 atom stereocenters. The van der Waals surface area contributed by atoms with Crippen LogP contribution in [0.3, 0.4) is 0 Å². The normalized spacial score (nSPS) is 11.7. The Morgan fingerprint density at radius 3 is 2.21 bits per heavy atom. The SMILES string of the molecule is COc1ccc(NC(=O)C(NCC(=O)Cc2c[nH]c3ccccc23)c2ccc(OC)cc2)cc1. The topological polar surface area (TPSA) is 92.5 Å². The molecule has 0 radical (unpaired) electrons. The second-order valence-electron chi connectivity index (χ2n) is 7.88. The van der Waals surface area contributed by atoms with E-state index in [1.165, 1.54) is 0 Å². The Labute approximate surface area is 198 Å². The fraction of sp³-hybridized carbons (Fsp3) is 0.185. The van der Waals surface area contributed by atoms with Crippen molar-refractivity contribution in [3.8, 4) is 11.5 Å². The van der Waals surface area contributed by atoms with E-state index in [2.05, 4.69) is 15.6 Å². The van der Waals surface area contributed by atoms with Crippen molar-refractivity contribution < 1.29 is 19.1 Å². The number of ketones is 1. The number of rotatable bonds is 10. The maximum Gasteiger partial charge on any atom is 0.246 e. The highest BCUT2D eigenvalue weighted by molar-refractivity contribution is 5.96. The van der Waals surface area contributed by atoms with Gasteiger partial charge in [0.1, 0.15) is 17.5 Å². The van der Waals surface area contributed by atoms with Crippen molar-refractivity contribution in [3.05, 3.63) is 90.1 Å². The van der Waals surface area contributed by atoms with Crippen molar-refractivity contribution in [2.75, 3.05) is 26.1 Å². The number of aromatic nitrogens is 1. The molecule has 1 heterocycles. The van der Waals surface area contributed by atoms with Gasteiger partial charge in [-0.15, -0.1) is 0 Å². The highest BCUT2D eigenvalue weighted by Crippen LogP contribution is 2.22. The summed E-state index contributed by atoms with van der Waals surface area (Å²) in [7, 11) is 3.18. The van der Waals surface area contributed by atoms with Gasteiger partial charge in [0, 0.05) is 29.2 Å². The van der Waals surface area contributed by atoms with Crippen molar-refractivity contribution in [1.82, 2.24) is 10.3 Å². The molecule has 1 unspecified atom stereocenters. The van der Waals surface area contributed by atoms with E-state index < -0.39 is 6.04 Å². The number of methoxy groups -OCH3 is 2. The summed E-state index contributed by atoms with van der Waals surface area (Å²) >= 11 is 0. The van der Waals surface area contributed by atoms with Gasteiger partial charge in [-0.25, -0.2) is 0 Å². The van der Waals surface area contributed by atoms with Crippen molar-refractivity contribution in [1.29, 1.82) is 0 Å². The number of anilines is 1. The standard InChI is InChI=1S/C27H27N3O4/c1-33-22-11-7-18(8-12-22)26(27(32)30-20-9-13-23(34-2)14-10-20)29-17-21(31)15-19-16-28-25-6-4-3-5-24(19)25/h3-14,16,26,28-29H,15,17H2,1-2H3,(H,30,32). The van der Waals surface area contributed by atoms with Gasteiger partial charge >= 0.3 is 0 Å². The molecule has 1 amide bonds. The fourth-order valence-electron chi connectivity index (χ4n) is 3.82. The van der Waals surface area contributed by atoms with E-state index in [0.717, 1.165) is 22.0 Å². The summed E-state index contributed by atoms with van der Waals surface area (Å²) in [5.41, 5.74) is 3.29. The molecule has 7 nitrogen and oxygen atoms in total. The predicted molar refractivity (Wildman–Crippen MR) is 132 cm³/mol. The molecule has 3 aromatic carbocycles. The summed E-state index contributed by atoms with van der Waals surface area (Å²) in [6.45, 7) is 0.0479. The zero-order chi connectivity index (χ0) is 23.9. The third-order valence-corrected chi connectivity index (χ3v) is 5.63. The third kappa shape index (κ3) is 5.44. The van der Waals surface area contributed by atoms with E-state index in [1.807, 2.05) is 42.6 Å². The Morgan fingerprint density at radius 1 is 0.882 bits per heavy atom. The number of H-pyrrole nitrogens is 1. The molecule has 174 valence electrons. The lowest BCUT2D eigenvalue weighted by atomic mass is 10.0. The largest absolute Gasteiger partial charge is 0.497 e. The zero-order valence-electron chi connectivity index (χ0n) is 19.1. The molecule has 0 saturated heterocycles. The monoisotopic (exact) mass is 457 g/mol. The van der Waals surface area contributed by atoms with Gasteiger partial charge in [-0.2, -0.15) is 0 Å². The molecular weight excluding hydrogens is 430 g/mol. The minimum Gasteiger partial charge on any atom is -0.497 e. The first kappa shape index (κ1) is 23.1. The molecule has 7 heteroatoms. The van der Waals surface area contributed by atoms with Crippen LogP contribution >= 0.6 is 0 Å². The van der Waals surface area contributed by atoms with Gasteiger partial charge in [0.2, 0.25) is 5.91 Å². The average molecular weight is 458 g/mol. The second kappa shape index (κ2) is 10.7. The van der Waals surface area contributed by atoms with Gasteiger partial charge in [0.15, 0.2) is 5.78 Å². The average Bonchev–Trinajstić information content (AvgIpc) is 3.27. The van der Waals surface area contributed by atoms with Crippen LogP contribution in [0, 0.1) is 0 Å². The van der Waals surface area contributed by atoms with Gasteiger partial charge in [0.05, 0.1) is 20.8 Å². The number of carbonyl (C=O) groups is 2. The van der Waals surface area contributed by atoms with E-state index in [1.54, 1.807) is 50.6 Å². The minimum atomic E-state index is -0.722. The van der Waals surface area contributed by atoms with E-state index in [0.29, 0.717) is 17.2 Å². The smallest absolute Gasteiger partial charge is 0.246 e. The molecule has 0 bridgehead atoms. The van der Waals surface area contributed by atoms with E-state index in [9.17, 15) is 9.59 Å². The van der Waals surface area contributed by atoms with Crippen molar-refractivity contribution >= 4 is 28.3 Å².